The highest BCUT2D eigenvalue weighted by atomic mass is 19.1. The molecule has 0 aliphatic carbocycles. The van der Waals surface area contributed by atoms with Crippen molar-refractivity contribution < 1.29 is 9.18 Å². The number of rotatable bonds is 3. The zero-order valence-electron chi connectivity index (χ0n) is 11.2. The Balaban J connectivity index is 2.22. The molecular formula is C14H15FN4O. The Morgan fingerprint density at radius 2 is 2.10 bits per heavy atom. The van der Waals surface area contributed by atoms with Crippen molar-refractivity contribution in [1.82, 2.24) is 9.97 Å². The molecule has 0 aliphatic heterocycles. The van der Waals surface area contributed by atoms with E-state index in [1.807, 2.05) is 13.8 Å². The first-order valence-electron chi connectivity index (χ1n) is 6.16. The van der Waals surface area contributed by atoms with Crippen molar-refractivity contribution in [3.05, 3.63) is 47.5 Å². The topological polar surface area (TPSA) is 80.9 Å². The van der Waals surface area contributed by atoms with Crippen LogP contribution in [0.1, 0.15) is 35.8 Å². The van der Waals surface area contributed by atoms with Crippen LogP contribution < -0.4 is 11.1 Å². The van der Waals surface area contributed by atoms with E-state index in [1.54, 1.807) is 6.07 Å². The minimum absolute atomic E-state index is 0.161. The van der Waals surface area contributed by atoms with Crippen LogP contribution in [0, 0.1) is 5.82 Å². The predicted octanol–water partition coefficient (Wildman–Crippen LogP) is 2.57. The molecule has 0 unspecified atom stereocenters. The number of nitrogens with one attached hydrogen (secondary N) is 1. The average Bonchev–Trinajstić information content (AvgIpc) is 2.40. The second-order valence-electron chi connectivity index (χ2n) is 4.68. The lowest BCUT2D eigenvalue weighted by molar-refractivity contribution is 0.102. The normalized spacial score (nSPS) is 10.6. The molecule has 2 aromatic heterocycles. The zero-order valence-corrected chi connectivity index (χ0v) is 11.2. The summed E-state index contributed by atoms with van der Waals surface area (Å²) in [5.74, 6) is -0.0985. The molecule has 0 fully saturated rings. The third-order valence-electron chi connectivity index (χ3n) is 2.69. The number of nitrogens with zero attached hydrogens (tertiary/aromatic N) is 2. The lowest BCUT2D eigenvalue weighted by Crippen LogP contribution is -2.14. The summed E-state index contributed by atoms with van der Waals surface area (Å²) < 4.78 is 12.7. The van der Waals surface area contributed by atoms with E-state index in [1.165, 1.54) is 18.2 Å². The Bertz CT molecular complexity index is 626. The van der Waals surface area contributed by atoms with Crippen molar-refractivity contribution >= 4 is 17.5 Å². The largest absolute Gasteiger partial charge is 0.384 e. The van der Waals surface area contributed by atoms with E-state index in [0.29, 0.717) is 5.56 Å². The lowest BCUT2D eigenvalue weighted by Gasteiger charge is -2.09. The summed E-state index contributed by atoms with van der Waals surface area (Å²) >= 11 is 0. The molecule has 0 atom stereocenters. The SMILES string of the molecule is CC(C)c1cc(C(=O)Nc2ccc(F)cn2)cc(N)n1. The van der Waals surface area contributed by atoms with Crippen molar-refractivity contribution in [2.45, 2.75) is 19.8 Å². The summed E-state index contributed by atoms with van der Waals surface area (Å²) in [6, 6.07) is 5.79. The maximum atomic E-state index is 12.7. The van der Waals surface area contributed by atoms with Gasteiger partial charge in [-0.2, -0.15) is 0 Å². The third-order valence-corrected chi connectivity index (χ3v) is 2.69. The Morgan fingerprint density at radius 3 is 2.70 bits per heavy atom. The first-order chi connectivity index (χ1) is 9.45. The van der Waals surface area contributed by atoms with Gasteiger partial charge in [0.05, 0.1) is 6.20 Å². The molecule has 2 rings (SSSR count). The van der Waals surface area contributed by atoms with E-state index in [0.717, 1.165) is 11.9 Å². The van der Waals surface area contributed by atoms with Gasteiger partial charge in [0.2, 0.25) is 0 Å². The molecule has 20 heavy (non-hydrogen) atoms. The van der Waals surface area contributed by atoms with Crippen LogP contribution in [-0.2, 0) is 0 Å². The van der Waals surface area contributed by atoms with Crippen molar-refractivity contribution in [2.75, 3.05) is 11.1 Å². The number of aromatic nitrogens is 2. The van der Waals surface area contributed by atoms with Gasteiger partial charge in [-0.05, 0) is 30.2 Å². The smallest absolute Gasteiger partial charge is 0.257 e. The van der Waals surface area contributed by atoms with Gasteiger partial charge in [0.1, 0.15) is 17.5 Å². The number of nitrogens with two attached hydrogens (primary N) is 1. The quantitative estimate of drug-likeness (QED) is 0.901. The van der Waals surface area contributed by atoms with Gasteiger partial charge < -0.3 is 11.1 Å². The van der Waals surface area contributed by atoms with Crippen molar-refractivity contribution in [3.63, 3.8) is 0 Å². The van der Waals surface area contributed by atoms with E-state index in [2.05, 4.69) is 15.3 Å². The lowest BCUT2D eigenvalue weighted by atomic mass is 10.1. The first-order valence-corrected chi connectivity index (χ1v) is 6.16. The molecule has 0 saturated heterocycles. The molecule has 5 nitrogen and oxygen atoms in total. The number of carbonyl (C=O) groups is 1. The number of nitrogen functional groups attached to an aromatic ring is 1. The van der Waals surface area contributed by atoms with Crippen LogP contribution >= 0.6 is 0 Å². The molecule has 6 heteroatoms. The minimum Gasteiger partial charge on any atom is -0.384 e. The molecular weight excluding hydrogens is 259 g/mol. The summed E-state index contributed by atoms with van der Waals surface area (Å²) in [4.78, 5) is 20.0. The highest BCUT2D eigenvalue weighted by Gasteiger charge is 2.11. The average molecular weight is 274 g/mol. The summed E-state index contributed by atoms with van der Waals surface area (Å²) in [7, 11) is 0. The minimum atomic E-state index is -0.460. The summed E-state index contributed by atoms with van der Waals surface area (Å²) in [5.41, 5.74) is 6.83. The summed E-state index contributed by atoms with van der Waals surface area (Å²) in [6.07, 6.45) is 1.04. The molecule has 0 saturated carbocycles. The molecule has 3 N–H and O–H groups in total. The fraction of sp³-hybridized carbons (Fsp3) is 0.214. The number of anilines is 2. The molecule has 1 amide bonds. The molecule has 0 bridgehead atoms. The van der Waals surface area contributed by atoms with Gasteiger partial charge in [0.15, 0.2) is 0 Å². The highest BCUT2D eigenvalue weighted by molar-refractivity contribution is 6.04. The number of carbonyl (C=O) groups excluding carboxylic acids is 1. The maximum Gasteiger partial charge on any atom is 0.257 e. The van der Waals surface area contributed by atoms with Gasteiger partial charge in [-0.1, -0.05) is 13.8 Å². The number of amides is 1. The van der Waals surface area contributed by atoms with Gasteiger partial charge >= 0.3 is 0 Å². The van der Waals surface area contributed by atoms with Gasteiger partial charge in [0.25, 0.3) is 5.91 Å². The fourth-order valence-electron chi connectivity index (χ4n) is 1.64. The van der Waals surface area contributed by atoms with E-state index >= 15 is 0 Å². The Labute approximate surface area is 116 Å². The van der Waals surface area contributed by atoms with Crippen LogP contribution in [0.5, 0.6) is 0 Å². The van der Waals surface area contributed by atoms with E-state index < -0.39 is 5.82 Å². The van der Waals surface area contributed by atoms with Gasteiger partial charge in [-0.25, -0.2) is 14.4 Å². The maximum absolute atomic E-state index is 12.7. The standard InChI is InChI=1S/C14H15FN4O/c1-8(2)11-5-9(6-12(16)18-11)14(20)19-13-4-3-10(15)7-17-13/h3-8H,1-2H3,(H2,16,18)(H,17,19,20). The predicted molar refractivity (Wildman–Crippen MR) is 74.9 cm³/mol. The fourth-order valence-corrected chi connectivity index (χ4v) is 1.64. The van der Waals surface area contributed by atoms with Crippen LogP contribution in [0.3, 0.4) is 0 Å². The number of hydrogen-bond acceptors (Lipinski definition) is 4. The number of hydrogen-bond donors (Lipinski definition) is 2. The first kappa shape index (κ1) is 13.9. The van der Waals surface area contributed by atoms with Crippen LogP contribution in [0.2, 0.25) is 0 Å². The Kier molecular flexibility index (Phi) is 3.93. The van der Waals surface area contributed by atoms with Crippen molar-refractivity contribution in [1.29, 1.82) is 0 Å². The van der Waals surface area contributed by atoms with Crippen LogP contribution in [-0.4, -0.2) is 15.9 Å². The monoisotopic (exact) mass is 274 g/mol. The molecule has 2 heterocycles. The molecule has 104 valence electrons. The number of pyridine rings is 2. The molecule has 0 spiro atoms. The van der Waals surface area contributed by atoms with Crippen LogP contribution in [0.25, 0.3) is 0 Å². The van der Waals surface area contributed by atoms with Gasteiger partial charge in [-0.3, -0.25) is 4.79 Å². The third kappa shape index (κ3) is 3.28. The molecule has 0 aromatic carbocycles. The zero-order chi connectivity index (χ0) is 14.7. The second-order valence-corrected chi connectivity index (χ2v) is 4.68. The Hall–Kier alpha value is -2.50. The highest BCUT2D eigenvalue weighted by Crippen LogP contribution is 2.17. The van der Waals surface area contributed by atoms with E-state index in [4.69, 9.17) is 5.73 Å². The second kappa shape index (κ2) is 5.64. The van der Waals surface area contributed by atoms with Crippen LogP contribution in [0.4, 0.5) is 16.0 Å². The van der Waals surface area contributed by atoms with E-state index in [9.17, 15) is 9.18 Å². The van der Waals surface area contributed by atoms with Crippen molar-refractivity contribution in [3.8, 4) is 0 Å². The van der Waals surface area contributed by atoms with Gasteiger partial charge in [0, 0.05) is 11.3 Å². The molecule has 2 aromatic rings. The molecule has 0 radical (unpaired) electrons. The summed E-state index contributed by atoms with van der Waals surface area (Å²) in [5, 5.41) is 2.58. The Morgan fingerprint density at radius 1 is 1.35 bits per heavy atom. The number of halogens is 1. The molecule has 0 aliphatic rings. The van der Waals surface area contributed by atoms with Crippen molar-refractivity contribution in [2.24, 2.45) is 0 Å². The van der Waals surface area contributed by atoms with Gasteiger partial charge in [-0.15, -0.1) is 0 Å². The summed E-state index contributed by atoms with van der Waals surface area (Å²) in [6.45, 7) is 3.93. The van der Waals surface area contributed by atoms with Crippen LogP contribution in [0.15, 0.2) is 30.5 Å². The van der Waals surface area contributed by atoms with E-state index in [-0.39, 0.29) is 23.5 Å².